The van der Waals surface area contributed by atoms with Gasteiger partial charge in [0.05, 0.1) is 0 Å². The number of carbonyl (C=O) groups is 1. The van der Waals surface area contributed by atoms with Gasteiger partial charge in [-0.3, -0.25) is 4.79 Å². The van der Waals surface area contributed by atoms with E-state index in [9.17, 15) is 4.79 Å². The standard InChI is InChI=1S/C15H27NO2/c17-12-13-8-10-16(11-9-13)15(18)14-6-4-2-1-3-5-7-14/h13-14,17H,1-12H2. The Morgan fingerprint density at radius 2 is 1.50 bits per heavy atom. The van der Waals surface area contributed by atoms with Crippen LogP contribution in [0.25, 0.3) is 0 Å². The molecule has 0 spiro atoms. The van der Waals surface area contributed by atoms with Crippen LogP contribution < -0.4 is 0 Å². The zero-order chi connectivity index (χ0) is 12.8. The first kappa shape index (κ1) is 13.9. The average molecular weight is 253 g/mol. The van der Waals surface area contributed by atoms with Gasteiger partial charge >= 0.3 is 0 Å². The van der Waals surface area contributed by atoms with Gasteiger partial charge in [-0.2, -0.15) is 0 Å². The van der Waals surface area contributed by atoms with Crippen molar-refractivity contribution in [1.82, 2.24) is 4.90 Å². The van der Waals surface area contributed by atoms with Gasteiger partial charge in [0.25, 0.3) is 0 Å². The van der Waals surface area contributed by atoms with Crippen molar-refractivity contribution in [2.24, 2.45) is 11.8 Å². The maximum Gasteiger partial charge on any atom is 0.225 e. The molecule has 0 aromatic heterocycles. The van der Waals surface area contributed by atoms with E-state index in [0.717, 1.165) is 38.8 Å². The van der Waals surface area contributed by atoms with Crippen LogP contribution in [0, 0.1) is 11.8 Å². The Hall–Kier alpha value is -0.570. The van der Waals surface area contributed by atoms with E-state index in [1.807, 2.05) is 0 Å². The lowest BCUT2D eigenvalue weighted by molar-refractivity contribution is -0.137. The Morgan fingerprint density at radius 1 is 0.944 bits per heavy atom. The van der Waals surface area contributed by atoms with Crippen molar-refractivity contribution in [2.45, 2.75) is 57.8 Å². The van der Waals surface area contributed by atoms with Gasteiger partial charge in [0.15, 0.2) is 0 Å². The van der Waals surface area contributed by atoms with E-state index in [1.165, 1.54) is 32.1 Å². The van der Waals surface area contributed by atoms with Crippen molar-refractivity contribution < 1.29 is 9.90 Å². The lowest BCUT2D eigenvalue weighted by Crippen LogP contribution is -2.42. The minimum Gasteiger partial charge on any atom is -0.396 e. The summed E-state index contributed by atoms with van der Waals surface area (Å²) in [6.45, 7) is 2.01. The maximum absolute atomic E-state index is 12.5. The Morgan fingerprint density at radius 3 is 2.06 bits per heavy atom. The summed E-state index contributed by atoms with van der Waals surface area (Å²) >= 11 is 0. The van der Waals surface area contributed by atoms with Crippen molar-refractivity contribution in [3.63, 3.8) is 0 Å². The van der Waals surface area contributed by atoms with Crippen LogP contribution in [0.2, 0.25) is 0 Å². The summed E-state index contributed by atoms with van der Waals surface area (Å²) in [5.74, 6) is 1.11. The van der Waals surface area contributed by atoms with Crippen molar-refractivity contribution in [1.29, 1.82) is 0 Å². The molecule has 1 N–H and O–H groups in total. The predicted octanol–water partition coefficient (Wildman–Crippen LogP) is 2.58. The fourth-order valence-electron chi connectivity index (χ4n) is 3.30. The maximum atomic E-state index is 12.5. The highest BCUT2D eigenvalue weighted by Crippen LogP contribution is 2.26. The fraction of sp³-hybridized carbons (Fsp3) is 0.933. The second-order valence-electron chi connectivity index (χ2n) is 5.99. The van der Waals surface area contributed by atoms with Gasteiger partial charge in [-0.05, 0) is 31.6 Å². The number of rotatable bonds is 2. The van der Waals surface area contributed by atoms with Gasteiger partial charge in [-0.1, -0.05) is 32.1 Å². The molecule has 2 fully saturated rings. The number of amides is 1. The Labute approximate surface area is 111 Å². The van der Waals surface area contributed by atoms with Gasteiger partial charge in [0.2, 0.25) is 5.91 Å². The quantitative estimate of drug-likeness (QED) is 0.821. The highest BCUT2D eigenvalue weighted by Gasteiger charge is 2.27. The van der Waals surface area contributed by atoms with Gasteiger partial charge in [0.1, 0.15) is 0 Å². The van der Waals surface area contributed by atoms with Gasteiger partial charge in [-0.25, -0.2) is 0 Å². The molecule has 0 aromatic carbocycles. The number of nitrogens with zero attached hydrogens (tertiary/aromatic N) is 1. The molecule has 0 aromatic rings. The molecular weight excluding hydrogens is 226 g/mol. The molecule has 2 aliphatic rings. The van der Waals surface area contributed by atoms with E-state index in [1.54, 1.807) is 0 Å². The monoisotopic (exact) mass is 253 g/mol. The molecule has 0 atom stereocenters. The molecule has 3 nitrogen and oxygen atoms in total. The molecule has 0 radical (unpaired) electrons. The van der Waals surface area contributed by atoms with Crippen LogP contribution in [0.3, 0.4) is 0 Å². The molecule has 18 heavy (non-hydrogen) atoms. The molecule has 0 bridgehead atoms. The van der Waals surface area contributed by atoms with Crippen LogP contribution in [-0.2, 0) is 4.79 Å². The van der Waals surface area contributed by atoms with Crippen molar-refractivity contribution in [3.8, 4) is 0 Å². The molecule has 104 valence electrons. The van der Waals surface area contributed by atoms with E-state index in [2.05, 4.69) is 4.90 Å². The number of hydrogen-bond acceptors (Lipinski definition) is 2. The SMILES string of the molecule is O=C(C1CCCCCCC1)N1CCC(CO)CC1. The molecule has 1 aliphatic carbocycles. The normalized spacial score (nSPS) is 24.6. The van der Waals surface area contributed by atoms with Crippen LogP contribution >= 0.6 is 0 Å². The minimum atomic E-state index is 0.283. The topological polar surface area (TPSA) is 40.5 Å². The predicted molar refractivity (Wildman–Crippen MR) is 72.2 cm³/mol. The molecule has 1 saturated heterocycles. The molecule has 3 heteroatoms. The number of piperidine rings is 1. The minimum absolute atomic E-state index is 0.283. The number of carbonyl (C=O) groups excluding carboxylic acids is 1. The summed E-state index contributed by atoms with van der Waals surface area (Å²) in [6, 6.07) is 0. The van der Waals surface area contributed by atoms with E-state index in [0.29, 0.717) is 11.8 Å². The summed E-state index contributed by atoms with van der Waals surface area (Å²) < 4.78 is 0. The Bertz CT molecular complexity index is 251. The second-order valence-corrected chi connectivity index (χ2v) is 5.99. The van der Waals surface area contributed by atoms with E-state index in [4.69, 9.17) is 5.11 Å². The molecule has 1 saturated carbocycles. The summed E-state index contributed by atoms with van der Waals surface area (Å²) in [6.07, 6.45) is 10.6. The third-order valence-electron chi connectivity index (χ3n) is 4.64. The number of aliphatic hydroxyl groups excluding tert-OH is 1. The second kappa shape index (κ2) is 7.13. The first-order valence-corrected chi connectivity index (χ1v) is 7.71. The zero-order valence-electron chi connectivity index (χ0n) is 11.4. The lowest BCUT2D eigenvalue weighted by atomic mass is 9.89. The van der Waals surface area contributed by atoms with Crippen molar-refractivity contribution in [2.75, 3.05) is 19.7 Å². The van der Waals surface area contributed by atoms with Crippen LogP contribution in [0.15, 0.2) is 0 Å². The molecule has 1 aliphatic heterocycles. The highest BCUT2D eigenvalue weighted by atomic mass is 16.3. The van der Waals surface area contributed by atoms with Crippen LogP contribution in [0.4, 0.5) is 0 Å². The smallest absolute Gasteiger partial charge is 0.225 e. The summed E-state index contributed by atoms with van der Waals surface area (Å²) in [7, 11) is 0. The van der Waals surface area contributed by atoms with Gasteiger partial charge in [0, 0.05) is 25.6 Å². The molecule has 2 rings (SSSR count). The molecule has 1 heterocycles. The van der Waals surface area contributed by atoms with Crippen molar-refractivity contribution in [3.05, 3.63) is 0 Å². The third kappa shape index (κ3) is 3.71. The molecular formula is C15H27NO2. The summed E-state index contributed by atoms with van der Waals surface area (Å²) in [5, 5.41) is 9.13. The van der Waals surface area contributed by atoms with E-state index >= 15 is 0 Å². The van der Waals surface area contributed by atoms with Crippen LogP contribution in [0.5, 0.6) is 0 Å². The van der Waals surface area contributed by atoms with Crippen LogP contribution in [-0.4, -0.2) is 35.6 Å². The lowest BCUT2D eigenvalue weighted by Gasteiger charge is -2.34. The van der Waals surface area contributed by atoms with Gasteiger partial charge in [-0.15, -0.1) is 0 Å². The number of aliphatic hydroxyl groups is 1. The number of likely N-dealkylation sites (tertiary alicyclic amines) is 1. The highest BCUT2D eigenvalue weighted by molar-refractivity contribution is 5.78. The molecule has 1 amide bonds. The van der Waals surface area contributed by atoms with Crippen molar-refractivity contribution >= 4 is 5.91 Å². The Balaban J connectivity index is 1.82. The largest absolute Gasteiger partial charge is 0.396 e. The van der Waals surface area contributed by atoms with Gasteiger partial charge < -0.3 is 10.0 Å². The summed E-state index contributed by atoms with van der Waals surface area (Å²) in [4.78, 5) is 14.5. The first-order valence-electron chi connectivity index (χ1n) is 7.71. The Kier molecular flexibility index (Phi) is 5.48. The molecule has 0 unspecified atom stereocenters. The van der Waals surface area contributed by atoms with E-state index < -0.39 is 0 Å². The average Bonchev–Trinajstić information content (AvgIpc) is 2.38. The van der Waals surface area contributed by atoms with Crippen LogP contribution in [0.1, 0.15) is 57.8 Å². The van der Waals surface area contributed by atoms with E-state index in [-0.39, 0.29) is 12.5 Å². The number of hydrogen-bond donors (Lipinski definition) is 1. The first-order chi connectivity index (χ1) is 8.81. The third-order valence-corrected chi connectivity index (χ3v) is 4.64. The zero-order valence-corrected chi connectivity index (χ0v) is 11.4. The summed E-state index contributed by atoms with van der Waals surface area (Å²) in [5.41, 5.74) is 0. The fourth-order valence-corrected chi connectivity index (χ4v) is 3.30.